The van der Waals surface area contributed by atoms with Gasteiger partial charge in [0.15, 0.2) is 0 Å². The third-order valence-electron chi connectivity index (χ3n) is 2.99. The Morgan fingerprint density at radius 1 is 1.23 bits per heavy atom. The number of amides is 2. The summed E-state index contributed by atoms with van der Waals surface area (Å²) in [5.41, 5.74) is 0. The quantitative estimate of drug-likeness (QED) is 0.494. The molecule has 1 aliphatic carbocycles. The molecule has 0 aromatic heterocycles. The van der Waals surface area contributed by atoms with Crippen molar-refractivity contribution in [2.24, 2.45) is 11.8 Å². The molecule has 3 nitrogen and oxygen atoms in total. The summed E-state index contributed by atoms with van der Waals surface area (Å²) in [6.07, 6.45) is 2.78. The maximum Gasteiger partial charge on any atom is 0.233 e. The zero-order chi connectivity index (χ0) is 9.42. The van der Waals surface area contributed by atoms with Gasteiger partial charge in [-0.2, -0.15) is 0 Å². The van der Waals surface area contributed by atoms with Crippen molar-refractivity contribution in [2.45, 2.75) is 19.3 Å². The Balaban J connectivity index is 2.16. The van der Waals surface area contributed by atoms with Gasteiger partial charge in [-0.15, -0.1) is 11.6 Å². The molecule has 2 atom stereocenters. The summed E-state index contributed by atoms with van der Waals surface area (Å²) in [6, 6.07) is 0. The van der Waals surface area contributed by atoms with Gasteiger partial charge in [0.05, 0.1) is 11.8 Å². The van der Waals surface area contributed by atoms with Crippen LogP contribution in [0.1, 0.15) is 19.3 Å². The molecule has 0 bridgehead atoms. The maximum atomic E-state index is 11.6. The first-order valence-electron chi connectivity index (χ1n) is 4.67. The van der Waals surface area contributed by atoms with Gasteiger partial charge in [0.2, 0.25) is 11.8 Å². The Morgan fingerprint density at radius 2 is 1.77 bits per heavy atom. The van der Waals surface area contributed by atoms with E-state index in [0.29, 0.717) is 12.4 Å². The zero-order valence-corrected chi connectivity index (χ0v) is 8.09. The Morgan fingerprint density at radius 3 is 2.23 bits per heavy atom. The molecule has 2 unspecified atom stereocenters. The van der Waals surface area contributed by atoms with Crippen LogP contribution >= 0.6 is 11.6 Å². The average molecular weight is 202 g/mol. The minimum absolute atomic E-state index is 0.00755. The molecule has 0 N–H and O–H groups in total. The number of halogens is 1. The van der Waals surface area contributed by atoms with E-state index >= 15 is 0 Å². The van der Waals surface area contributed by atoms with Gasteiger partial charge in [0.1, 0.15) is 0 Å². The van der Waals surface area contributed by atoms with Crippen molar-refractivity contribution in [2.75, 3.05) is 12.4 Å². The predicted molar refractivity (Wildman–Crippen MR) is 48.3 cm³/mol. The van der Waals surface area contributed by atoms with Crippen molar-refractivity contribution in [1.82, 2.24) is 4.90 Å². The molecule has 1 aliphatic heterocycles. The SMILES string of the molecule is O=C1C2CCCC2C(=O)N1CCCl. The highest BCUT2D eigenvalue weighted by atomic mass is 35.5. The van der Waals surface area contributed by atoms with E-state index in [4.69, 9.17) is 11.6 Å². The van der Waals surface area contributed by atoms with Gasteiger partial charge in [0.25, 0.3) is 0 Å². The molecule has 2 rings (SSSR count). The zero-order valence-electron chi connectivity index (χ0n) is 7.33. The van der Waals surface area contributed by atoms with Crippen LogP contribution < -0.4 is 0 Å². The molecule has 4 heteroatoms. The molecule has 13 heavy (non-hydrogen) atoms. The first kappa shape index (κ1) is 9.00. The van der Waals surface area contributed by atoms with Gasteiger partial charge >= 0.3 is 0 Å². The van der Waals surface area contributed by atoms with Crippen LogP contribution in [-0.4, -0.2) is 29.1 Å². The number of fused-ring (bicyclic) bond motifs is 1. The minimum atomic E-state index is -0.0179. The number of nitrogens with zero attached hydrogens (tertiary/aromatic N) is 1. The number of alkyl halides is 1. The highest BCUT2D eigenvalue weighted by molar-refractivity contribution is 6.18. The first-order valence-corrected chi connectivity index (χ1v) is 5.20. The second-order valence-corrected chi connectivity index (χ2v) is 4.04. The van der Waals surface area contributed by atoms with Crippen LogP contribution in [0.2, 0.25) is 0 Å². The number of likely N-dealkylation sites (tertiary alicyclic amines) is 1. The first-order chi connectivity index (χ1) is 6.25. The molecular weight excluding hydrogens is 190 g/mol. The fourth-order valence-electron chi connectivity index (χ4n) is 2.37. The van der Waals surface area contributed by atoms with Gasteiger partial charge < -0.3 is 0 Å². The molecule has 0 aromatic carbocycles. The van der Waals surface area contributed by atoms with E-state index in [0.717, 1.165) is 19.3 Å². The van der Waals surface area contributed by atoms with E-state index in [2.05, 4.69) is 0 Å². The highest BCUT2D eigenvalue weighted by Crippen LogP contribution is 2.39. The summed E-state index contributed by atoms with van der Waals surface area (Å²) < 4.78 is 0. The molecule has 0 aromatic rings. The van der Waals surface area contributed by atoms with Crippen molar-refractivity contribution in [3.63, 3.8) is 0 Å². The van der Waals surface area contributed by atoms with E-state index in [9.17, 15) is 9.59 Å². The number of carbonyl (C=O) groups is 2. The number of hydrogen-bond acceptors (Lipinski definition) is 2. The minimum Gasteiger partial charge on any atom is -0.281 e. The van der Waals surface area contributed by atoms with E-state index in [1.807, 2.05) is 0 Å². The molecule has 72 valence electrons. The Labute approximate surface area is 82.0 Å². The summed E-state index contributed by atoms with van der Waals surface area (Å²) in [7, 11) is 0. The fourth-order valence-corrected chi connectivity index (χ4v) is 2.53. The van der Waals surface area contributed by atoms with Gasteiger partial charge in [-0.05, 0) is 12.8 Å². The highest BCUT2D eigenvalue weighted by Gasteiger charge is 2.49. The lowest BCUT2D eigenvalue weighted by Gasteiger charge is -2.13. The van der Waals surface area contributed by atoms with Gasteiger partial charge in [-0.25, -0.2) is 0 Å². The lowest BCUT2D eigenvalue weighted by molar-refractivity contribution is -0.139. The lowest BCUT2D eigenvalue weighted by Crippen LogP contribution is -2.33. The summed E-state index contributed by atoms with van der Waals surface area (Å²) in [5.74, 6) is 0.324. The third-order valence-corrected chi connectivity index (χ3v) is 3.16. The molecule has 2 amide bonds. The molecule has 2 fully saturated rings. The van der Waals surface area contributed by atoms with E-state index in [1.54, 1.807) is 0 Å². The largest absolute Gasteiger partial charge is 0.281 e. The lowest BCUT2D eigenvalue weighted by atomic mass is 10.00. The van der Waals surface area contributed by atoms with Crippen LogP contribution in [0.4, 0.5) is 0 Å². The average Bonchev–Trinajstić information content (AvgIpc) is 2.66. The monoisotopic (exact) mass is 201 g/mol. The predicted octanol–water partition coefficient (Wildman–Crippen LogP) is 1.01. The molecule has 1 saturated carbocycles. The Bertz CT molecular complexity index is 232. The Kier molecular flexibility index (Phi) is 2.28. The fraction of sp³-hybridized carbons (Fsp3) is 0.778. The van der Waals surface area contributed by atoms with Crippen molar-refractivity contribution in [1.29, 1.82) is 0 Å². The molecule has 1 heterocycles. The second-order valence-electron chi connectivity index (χ2n) is 3.66. The maximum absolute atomic E-state index is 11.6. The van der Waals surface area contributed by atoms with Crippen LogP contribution in [0.3, 0.4) is 0 Å². The summed E-state index contributed by atoms with van der Waals surface area (Å²) in [6.45, 7) is 0.381. The Hall–Kier alpha value is -0.570. The topological polar surface area (TPSA) is 37.4 Å². The summed E-state index contributed by atoms with van der Waals surface area (Å²) >= 11 is 5.52. The van der Waals surface area contributed by atoms with E-state index < -0.39 is 0 Å². The van der Waals surface area contributed by atoms with Gasteiger partial charge in [0, 0.05) is 12.4 Å². The van der Waals surface area contributed by atoms with Crippen LogP contribution in [-0.2, 0) is 9.59 Å². The van der Waals surface area contributed by atoms with Crippen molar-refractivity contribution in [3.05, 3.63) is 0 Å². The van der Waals surface area contributed by atoms with Crippen LogP contribution in [0.25, 0.3) is 0 Å². The molecule has 0 spiro atoms. The normalized spacial score (nSPS) is 32.8. The van der Waals surface area contributed by atoms with Crippen LogP contribution in [0.15, 0.2) is 0 Å². The smallest absolute Gasteiger partial charge is 0.233 e. The van der Waals surface area contributed by atoms with E-state index in [-0.39, 0.29) is 23.7 Å². The van der Waals surface area contributed by atoms with E-state index in [1.165, 1.54) is 4.90 Å². The summed E-state index contributed by atoms with van der Waals surface area (Å²) in [4.78, 5) is 24.6. The van der Waals surface area contributed by atoms with Crippen LogP contribution in [0.5, 0.6) is 0 Å². The number of hydrogen-bond donors (Lipinski definition) is 0. The number of rotatable bonds is 2. The molecular formula is C9H12ClNO2. The number of carbonyl (C=O) groups excluding carboxylic acids is 2. The van der Waals surface area contributed by atoms with Crippen molar-refractivity contribution < 1.29 is 9.59 Å². The molecule has 1 saturated heterocycles. The number of imide groups is 1. The molecule has 2 aliphatic rings. The summed E-state index contributed by atoms with van der Waals surface area (Å²) in [5, 5.41) is 0. The molecule has 0 radical (unpaired) electrons. The van der Waals surface area contributed by atoms with Crippen LogP contribution in [0, 0.1) is 11.8 Å². The second kappa shape index (κ2) is 3.29. The standard InChI is InChI=1S/C9H12ClNO2/c10-4-5-11-8(12)6-2-1-3-7(6)9(11)13/h6-7H,1-5H2. The third kappa shape index (κ3) is 1.26. The van der Waals surface area contributed by atoms with Crippen molar-refractivity contribution in [3.8, 4) is 0 Å². The van der Waals surface area contributed by atoms with Crippen molar-refractivity contribution >= 4 is 23.4 Å². The van der Waals surface area contributed by atoms with Gasteiger partial charge in [-0.3, -0.25) is 14.5 Å². The van der Waals surface area contributed by atoms with Gasteiger partial charge in [-0.1, -0.05) is 6.42 Å².